The molecule has 3 aromatic rings. The van der Waals surface area contributed by atoms with Crippen molar-refractivity contribution in [3.05, 3.63) is 54.6 Å². The first-order valence-electron chi connectivity index (χ1n) is 7.41. The molecule has 7 heteroatoms. The van der Waals surface area contributed by atoms with E-state index in [0.717, 1.165) is 34.0 Å². The number of hydrogen-bond acceptors (Lipinski definition) is 6. The number of thioether (sulfide) groups is 2. The fourth-order valence-corrected chi connectivity index (χ4v) is 3.55. The molecule has 0 aliphatic rings. The molecule has 0 bridgehead atoms. The molecular formula is C16H17N5S2. The molecule has 2 heterocycles. The van der Waals surface area contributed by atoms with Crippen LogP contribution in [0.2, 0.25) is 0 Å². The van der Waals surface area contributed by atoms with Crippen molar-refractivity contribution in [3.63, 3.8) is 0 Å². The second kappa shape index (κ2) is 8.12. The number of benzene rings is 1. The third kappa shape index (κ3) is 4.11. The van der Waals surface area contributed by atoms with Crippen LogP contribution < -0.4 is 0 Å². The monoisotopic (exact) mass is 343 g/mol. The minimum absolute atomic E-state index is 0.679. The van der Waals surface area contributed by atoms with E-state index in [1.165, 1.54) is 0 Å². The van der Waals surface area contributed by atoms with Gasteiger partial charge < -0.3 is 0 Å². The second-order valence-electron chi connectivity index (χ2n) is 4.74. The third-order valence-corrected chi connectivity index (χ3v) is 5.03. The van der Waals surface area contributed by atoms with E-state index in [2.05, 4.69) is 43.8 Å². The lowest BCUT2D eigenvalue weighted by Crippen LogP contribution is -2.02. The van der Waals surface area contributed by atoms with Crippen molar-refractivity contribution in [2.24, 2.45) is 0 Å². The second-order valence-corrected chi connectivity index (χ2v) is 6.74. The first kappa shape index (κ1) is 16.0. The fraction of sp³-hybridized carbons (Fsp3) is 0.250. The number of rotatable bonds is 7. The van der Waals surface area contributed by atoms with Gasteiger partial charge in [0.15, 0.2) is 10.3 Å². The van der Waals surface area contributed by atoms with E-state index >= 15 is 0 Å². The Kier molecular flexibility index (Phi) is 5.65. The molecule has 0 radical (unpaired) electrons. The lowest BCUT2D eigenvalue weighted by atomic mass is 10.3. The van der Waals surface area contributed by atoms with Gasteiger partial charge in [0.25, 0.3) is 0 Å². The lowest BCUT2D eigenvalue weighted by Gasteiger charge is -2.09. The summed E-state index contributed by atoms with van der Waals surface area (Å²) in [5.74, 6) is 2.62. The summed E-state index contributed by atoms with van der Waals surface area (Å²) in [6.07, 6.45) is 4.60. The third-order valence-electron chi connectivity index (χ3n) is 3.02. The Morgan fingerprint density at radius 2 is 1.74 bits per heavy atom. The molecule has 5 nitrogen and oxygen atoms in total. The summed E-state index contributed by atoms with van der Waals surface area (Å²) in [6.45, 7) is 2.17. The van der Waals surface area contributed by atoms with Crippen molar-refractivity contribution in [1.29, 1.82) is 0 Å². The Bertz CT molecular complexity index is 731. The van der Waals surface area contributed by atoms with Crippen molar-refractivity contribution in [3.8, 4) is 5.69 Å². The molecule has 23 heavy (non-hydrogen) atoms. The molecule has 0 N–H and O–H groups in total. The number of aromatic nitrogens is 5. The highest BCUT2D eigenvalue weighted by Crippen LogP contribution is 2.26. The SMILES string of the molecule is CCCSc1nnc(CSc2ncccn2)n1-c1ccccc1. The first-order chi connectivity index (χ1) is 11.4. The molecule has 0 saturated heterocycles. The smallest absolute Gasteiger partial charge is 0.195 e. The Balaban J connectivity index is 1.86. The summed E-state index contributed by atoms with van der Waals surface area (Å²) in [7, 11) is 0. The van der Waals surface area contributed by atoms with E-state index in [0.29, 0.717) is 5.75 Å². The van der Waals surface area contributed by atoms with Crippen molar-refractivity contribution >= 4 is 23.5 Å². The zero-order chi connectivity index (χ0) is 15.9. The van der Waals surface area contributed by atoms with Crippen LogP contribution in [0.15, 0.2) is 59.1 Å². The topological polar surface area (TPSA) is 56.5 Å². The largest absolute Gasteiger partial charge is 0.273 e. The molecule has 2 aromatic heterocycles. The molecule has 0 amide bonds. The van der Waals surface area contributed by atoms with Crippen LogP contribution in [-0.4, -0.2) is 30.5 Å². The highest BCUT2D eigenvalue weighted by Gasteiger charge is 2.14. The van der Waals surface area contributed by atoms with Gasteiger partial charge in [-0.3, -0.25) is 4.57 Å². The minimum Gasteiger partial charge on any atom is -0.273 e. The molecule has 0 aliphatic carbocycles. The molecular weight excluding hydrogens is 326 g/mol. The summed E-state index contributed by atoms with van der Waals surface area (Å²) >= 11 is 3.30. The first-order valence-corrected chi connectivity index (χ1v) is 9.38. The maximum absolute atomic E-state index is 4.38. The quantitative estimate of drug-likeness (QED) is 0.480. The van der Waals surface area contributed by atoms with Gasteiger partial charge in [-0.2, -0.15) is 0 Å². The predicted molar refractivity (Wildman–Crippen MR) is 94.0 cm³/mol. The van der Waals surface area contributed by atoms with Gasteiger partial charge in [-0.05, 0) is 24.6 Å². The van der Waals surface area contributed by atoms with Crippen LogP contribution in [0.1, 0.15) is 19.2 Å². The maximum atomic E-state index is 4.38. The van der Waals surface area contributed by atoms with Crippen molar-refractivity contribution in [2.75, 3.05) is 5.75 Å². The van der Waals surface area contributed by atoms with E-state index in [1.54, 1.807) is 35.9 Å². The fourth-order valence-electron chi connectivity index (χ4n) is 2.01. The summed E-state index contributed by atoms with van der Waals surface area (Å²) in [5, 5.41) is 10.4. The van der Waals surface area contributed by atoms with Crippen LogP contribution in [0, 0.1) is 0 Å². The van der Waals surface area contributed by atoms with Gasteiger partial charge in [-0.25, -0.2) is 9.97 Å². The van der Waals surface area contributed by atoms with Gasteiger partial charge in [-0.15, -0.1) is 10.2 Å². The summed E-state index contributed by atoms with van der Waals surface area (Å²) in [4.78, 5) is 8.48. The van der Waals surface area contributed by atoms with Crippen molar-refractivity contribution in [1.82, 2.24) is 24.7 Å². The molecule has 0 spiro atoms. The van der Waals surface area contributed by atoms with Crippen LogP contribution in [0.25, 0.3) is 5.69 Å². The van der Waals surface area contributed by atoms with E-state index in [9.17, 15) is 0 Å². The van der Waals surface area contributed by atoms with Gasteiger partial charge in [0.05, 0.1) is 5.75 Å². The number of hydrogen-bond donors (Lipinski definition) is 0. The van der Waals surface area contributed by atoms with Crippen molar-refractivity contribution < 1.29 is 0 Å². The predicted octanol–water partition coefficient (Wildman–Crippen LogP) is 3.85. The van der Waals surface area contributed by atoms with E-state index < -0.39 is 0 Å². The van der Waals surface area contributed by atoms with Gasteiger partial charge in [0.2, 0.25) is 0 Å². The zero-order valence-electron chi connectivity index (χ0n) is 12.8. The minimum atomic E-state index is 0.679. The molecule has 0 unspecified atom stereocenters. The Morgan fingerprint density at radius 1 is 0.957 bits per heavy atom. The van der Waals surface area contributed by atoms with Gasteiger partial charge in [0.1, 0.15) is 5.82 Å². The van der Waals surface area contributed by atoms with Crippen LogP contribution in [0.5, 0.6) is 0 Å². The van der Waals surface area contributed by atoms with E-state index in [4.69, 9.17) is 0 Å². The Hall–Kier alpha value is -1.86. The van der Waals surface area contributed by atoms with E-state index in [-0.39, 0.29) is 0 Å². The lowest BCUT2D eigenvalue weighted by molar-refractivity contribution is 0.861. The number of nitrogens with zero attached hydrogens (tertiary/aromatic N) is 5. The summed E-state index contributed by atoms with van der Waals surface area (Å²) in [5.41, 5.74) is 1.08. The molecule has 1 aromatic carbocycles. The van der Waals surface area contributed by atoms with Crippen molar-refractivity contribution in [2.45, 2.75) is 29.4 Å². The normalized spacial score (nSPS) is 10.8. The molecule has 0 saturated carbocycles. The molecule has 0 fully saturated rings. The Labute approximate surface area is 144 Å². The standard InChI is InChI=1S/C16H17N5S2/c1-2-11-22-16-20-19-14(12-23-15-17-9-6-10-18-15)21(16)13-7-4-3-5-8-13/h3-10H,2,11-12H2,1H3. The van der Waals surface area contributed by atoms with Gasteiger partial charge >= 0.3 is 0 Å². The highest BCUT2D eigenvalue weighted by molar-refractivity contribution is 7.99. The van der Waals surface area contributed by atoms with Crippen LogP contribution >= 0.6 is 23.5 Å². The molecule has 118 valence electrons. The van der Waals surface area contributed by atoms with E-state index in [1.807, 2.05) is 24.3 Å². The summed E-state index contributed by atoms with van der Waals surface area (Å²) in [6, 6.07) is 12.0. The van der Waals surface area contributed by atoms with Gasteiger partial charge in [0, 0.05) is 23.8 Å². The zero-order valence-corrected chi connectivity index (χ0v) is 14.4. The van der Waals surface area contributed by atoms with Crippen LogP contribution in [0.3, 0.4) is 0 Å². The molecule has 3 rings (SSSR count). The molecule has 0 atom stereocenters. The molecule has 0 aliphatic heterocycles. The summed E-state index contributed by atoms with van der Waals surface area (Å²) < 4.78 is 2.12. The average Bonchev–Trinajstić information content (AvgIpc) is 3.02. The Morgan fingerprint density at radius 3 is 2.48 bits per heavy atom. The van der Waals surface area contributed by atoms with Gasteiger partial charge in [-0.1, -0.05) is 48.6 Å². The average molecular weight is 343 g/mol. The van der Waals surface area contributed by atoms with Crippen LogP contribution in [-0.2, 0) is 5.75 Å². The highest BCUT2D eigenvalue weighted by atomic mass is 32.2. The number of para-hydroxylation sites is 1. The van der Waals surface area contributed by atoms with Crippen LogP contribution in [0.4, 0.5) is 0 Å². The maximum Gasteiger partial charge on any atom is 0.195 e.